The van der Waals surface area contributed by atoms with Crippen LogP contribution >= 0.6 is 0 Å². The van der Waals surface area contributed by atoms with E-state index >= 15 is 0 Å². The fourth-order valence-corrected chi connectivity index (χ4v) is 3.45. The van der Waals surface area contributed by atoms with Gasteiger partial charge in [-0.25, -0.2) is 12.7 Å². The molecule has 6 nitrogen and oxygen atoms in total. The van der Waals surface area contributed by atoms with Crippen LogP contribution in [0.1, 0.15) is 25.5 Å². The highest BCUT2D eigenvalue weighted by atomic mass is 32.2. The summed E-state index contributed by atoms with van der Waals surface area (Å²) in [6, 6.07) is 1.76. The van der Waals surface area contributed by atoms with Crippen LogP contribution in [-0.4, -0.2) is 51.6 Å². The van der Waals surface area contributed by atoms with Gasteiger partial charge in [-0.05, 0) is 26.0 Å². The van der Waals surface area contributed by atoms with Crippen molar-refractivity contribution in [3.8, 4) is 0 Å². The van der Waals surface area contributed by atoms with Crippen molar-refractivity contribution < 1.29 is 13.2 Å². The SMILES string of the molecule is CCCn1cc(S(=O)(=O)N(C)CCCOC)cc1CNC. The minimum Gasteiger partial charge on any atom is -0.385 e. The van der Waals surface area contributed by atoms with Gasteiger partial charge in [0, 0.05) is 52.3 Å². The number of nitrogens with one attached hydrogen (secondary N) is 1. The normalized spacial score (nSPS) is 12.2. The summed E-state index contributed by atoms with van der Waals surface area (Å²) in [5.41, 5.74) is 0.989. The molecule has 1 heterocycles. The molecule has 122 valence electrons. The van der Waals surface area contributed by atoms with Crippen molar-refractivity contribution in [2.75, 3.05) is 34.4 Å². The molecular formula is C14H27N3O3S. The van der Waals surface area contributed by atoms with Crippen LogP contribution in [0.4, 0.5) is 0 Å². The topological polar surface area (TPSA) is 63.6 Å². The molecule has 1 aromatic rings. The average molecular weight is 317 g/mol. The fraction of sp³-hybridized carbons (Fsp3) is 0.714. The van der Waals surface area contributed by atoms with Gasteiger partial charge >= 0.3 is 0 Å². The molecule has 0 atom stereocenters. The molecule has 0 spiro atoms. The molecule has 0 saturated heterocycles. The van der Waals surface area contributed by atoms with Crippen LogP contribution in [0.2, 0.25) is 0 Å². The highest BCUT2D eigenvalue weighted by Gasteiger charge is 2.23. The number of nitrogens with zero attached hydrogens (tertiary/aromatic N) is 2. The van der Waals surface area contributed by atoms with Crippen molar-refractivity contribution in [1.29, 1.82) is 0 Å². The number of aryl methyl sites for hydroxylation is 1. The van der Waals surface area contributed by atoms with Gasteiger partial charge in [0.2, 0.25) is 10.0 Å². The van der Waals surface area contributed by atoms with E-state index in [0.29, 0.717) is 31.0 Å². The second-order valence-electron chi connectivity index (χ2n) is 5.06. The van der Waals surface area contributed by atoms with E-state index in [1.54, 1.807) is 26.4 Å². The van der Waals surface area contributed by atoms with Gasteiger partial charge in [0.25, 0.3) is 0 Å². The maximum absolute atomic E-state index is 12.6. The zero-order chi connectivity index (χ0) is 15.9. The number of hydrogen-bond donors (Lipinski definition) is 1. The quantitative estimate of drug-likeness (QED) is 0.660. The lowest BCUT2D eigenvalue weighted by Crippen LogP contribution is -2.28. The van der Waals surface area contributed by atoms with Crippen LogP contribution in [0.5, 0.6) is 0 Å². The Morgan fingerprint density at radius 1 is 1.43 bits per heavy atom. The van der Waals surface area contributed by atoms with Crippen molar-refractivity contribution in [2.45, 2.75) is 37.8 Å². The number of ether oxygens (including phenoxy) is 1. The van der Waals surface area contributed by atoms with Crippen molar-refractivity contribution in [1.82, 2.24) is 14.2 Å². The van der Waals surface area contributed by atoms with Crippen molar-refractivity contribution in [3.63, 3.8) is 0 Å². The Hall–Kier alpha value is -0.890. The number of sulfonamides is 1. The largest absolute Gasteiger partial charge is 0.385 e. The van der Waals surface area contributed by atoms with E-state index in [0.717, 1.165) is 18.7 Å². The van der Waals surface area contributed by atoms with Gasteiger partial charge in [-0.1, -0.05) is 6.92 Å². The van der Waals surface area contributed by atoms with Gasteiger partial charge < -0.3 is 14.6 Å². The molecule has 1 rings (SSSR count). The summed E-state index contributed by atoms with van der Waals surface area (Å²) >= 11 is 0. The van der Waals surface area contributed by atoms with Gasteiger partial charge in [0.05, 0.1) is 0 Å². The monoisotopic (exact) mass is 317 g/mol. The first-order valence-corrected chi connectivity index (χ1v) is 8.70. The van der Waals surface area contributed by atoms with E-state index in [1.165, 1.54) is 4.31 Å². The first-order valence-electron chi connectivity index (χ1n) is 7.26. The standard InChI is InChI=1S/C14H27N3O3S/c1-5-7-17-12-14(10-13(17)11-15-2)21(18,19)16(3)8-6-9-20-4/h10,12,15H,5-9,11H2,1-4H3. The third kappa shape index (κ3) is 4.81. The number of methoxy groups -OCH3 is 1. The minimum absolute atomic E-state index is 0.362. The van der Waals surface area contributed by atoms with Crippen LogP contribution in [-0.2, 0) is 27.8 Å². The van der Waals surface area contributed by atoms with Crippen LogP contribution < -0.4 is 5.32 Å². The molecule has 0 aliphatic rings. The third-order valence-electron chi connectivity index (χ3n) is 3.31. The lowest BCUT2D eigenvalue weighted by Gasteiger charge is -2.15. The maximum atomic E-state index is 12.6. The molecule has 1 aromatic heterocycles. The summed E-state index contributed by atoms with van der Waals surface area (Å²) in [6.45, 7) is 4.56. The molecule has 0 amide bonds. The van der Waals surface area contributed by atoms with Gasteiger partial charge in [-0.2, -0.15) is 0 Å². The van der Waals surface area contributed by atoms with E-state index in [-0.39, 0.29) is 0 Å². The summed E-state index contributed by atoms with van der Waals surface area (Å²) in [4.78, 5) is 0.362. The summed E-state index contributed by atoms with van der Waals surface area (Å²) in [6.07, 6.45) is 3.39. The maximum Gasteiger partial charge on any atom is 0.244 e. The summed E-state index contributed by atoms with van der Waals surface area (Å²) in [5, 5.41) is 3.07. The number of rotatable bonds is 10. The predicted molar refractivity (Wildman–Crippen MR) is 83.8 cm³/mol. The highest BCUT2D eigenvalue weighted by Crippen LogP contribution is 2.19. The second kappa shape index (κ2) is 8.53. The first kappa shape index (κ1) is 18.2. The Morgan fingerprint density at radius 2 is 2.14 bits per heavy atom. The highest BCUT2D eigenvalue weighted by molar-refractivity contribution is 7.89. The van der Waals surface area contributed by atoms with Gasteiger partial charge in [-0.15, -0.1) is 0 Å². The Morgan fingerprint density at radius 3 is 2.71 bits per heavy atom. The molecular weight excluding hydrogens is 290 g/mol. The third-order valence-corrected chi connectivity index (χ3v) is 5.14. The molecule has 0 saturated carbocycles. The Labute approximate surface area is 128 Å². The molecule has 0 aliphatic heterocycles. The van der Waals surface area contributed by atoms with Gasteiger partial charge in [0.15, 0.2) is 0 Å². The smallest absolute Gasteiger partial charge is 0.244 e. The Balaban J connectivity index is 2.93. The first-order chi connectivity index (χ1) is 9.97. The van der Waals surface area contributed by atoms with Crippen molar-refractivity contribution in [3.05, 3.63) is 18.0 Å². The summed E-state index contributed by atoms with van der Waals surface area (Å²) < 4.78 is 33.5. The van der Waals surface area contributed by atoms with E-state index in [1.807, 2.05) is 11.6 Å². The molecule has 21 heavy (non-hydrogen) atoms. The molecule has 0 unspecified atom stereocenters. The van der Waals surface area contributed by atoms with Crippen LogP contribution in [0, 0.1) is 0 Å². The lowest BCUT2D eigenvalue weighted by atomic mass is 10.4. The van der Waals surface area contributed by atoms with Gasteiger partial charge in [-0.3, -0.25) is 0 Å². The Kier molecular flexibility index (Phi) is 7.37. The molecule has 1 N–H and O–H groups in total. The molecule has 0 radical (unpaired) electrons. The molecule has 0 bridgehead atoms. The van der Waals surface area contributed by atoms with Gasteiger partial charge in [0.1, 0.15) is 4.90 Å². The Bertz CT molecular complexity index is 502. The lowest BCUT2D eigenvalue weighted by molar-refractivity contribution is 0.189. The number of hydrogen-bond acceptors (Lipinski definition) is 4. The molecule has 0 aromatic carbocycles. The van der Waals surface area contributed by atoms with E-state index in [9.17, 15) is 8.42 Å². The average Bonchev–Trinajstić information content (AvgIpc) is 2.84. The zero-order valence-electron chi connectivity index (χ0n) is 13.4. The van der Waals surface area contributed by atoms with Crippen LogP contribution in [0.15, 0.2) is 17.2 Å². The molecule has 0 fully saturated rings. The van der Waals surface area contributed by atoms with Crippen molar-refractivity contribution >= 4 is 10.0 Å². The van der Waals surface area contributed by atoms with Crippen LogP contribution in [0.3, 0.4) is 0 Å². The zero-order valence-corrected chi connectivity index (χ0v) is 14.2. The summed E-state index contributed by atoms with van der Waals surface area (Å²) in [7, 11) is 1.65. The van der Waals surface area contributed by atoms with E-state index in [2.05, 4.69) is 12.2 Å². The van der Waals surface area contributed by atoms with E-state index < -0.39 is 10.0 Å². The predicted octanol–water partition coefficient (Wildman–Crippen LogP) is 1.27. The number of aromatic nitrogens is 1. The molecule has 0 aliphatic carbocycles. The second-order valence-corrected chi connectivity index (χ2v) is 7.11. The van der Waals surface area contributed by atoms with Crippen molar-refractivity contribution in [2.24, 2.45) is 0 Å². The summed E-state index contributed by atoms with van der Waals surface area (Å²) in [5.74, 6) is 0. The fourth-order valence-electron chi connectivity index (χ4n) is 2.18. The minimum atomic E-state index is -3.43. The molecule has 7 heteroatoms. The van der Waals surface area contributed by atoms with E-state index in [4.69, 9.17) is 4.74 Å². The van der Waals surface area contributed by atoms with Crippen LogP contribution in [0.25, 0.3) is 0 Å².